The molecule has 0 aliphatic rings. The van der Waals surface area contributed by atoms with Gasteiger partial charge in [0.05, 0.1) is 12.8 Å². The Kier molecular flexibility index (Phi) is 5.16. The van der Waals surface area contributed by atoms with Gasteiger partial charge < -0.3 is 9.30 Å². The Morgan fingerprint density at radius 1 is 1.08 bits per heavy atom. The molecular weight excluding hydrogens is 364 g/mol. The summed E-state index contributed by atoms with van der Waals surface area (Å²) < 4.78 is 8.66. The Hall–Kier alpha value is -2.33. The fourth-order valence-electron chi connectivity index (χ4n) is 2.55. The van der Waals surface area contributed by atoms with Crippen molar-refractivity contribution >= 4 is 28.1 Å². The van der Waals surface area contributed by atoms with Gasteiger partial charge in [0.2, 0.25) is 0 Å². The standard InChI is InChI=1S/C20H19BrN2O/c1-3-23-14-18(17-6-4-5-7-19(17)24-2)22-20(23)13-10-15-8-11-16(21)12-9-15/h4-14H,3H2,1-2H3. The van der Waals surface area contributed by atoms with Crippen LogP contribution in [0.15, 0.2) is 59.2 Å². The van der Waals surface area contributed by atoms with E-state index in [1.165, 1.54) is 0 Å². The quantitative estimate of drug-likeness (QED) is 0.581. The fourth-order valence-corrected chi connectivity index (χ4v) is 2.81. The van der Waals surface area contributed by atoms with Crippen molar-refractivity contribution in [2.75, 3.05) is 7.11 Å². The number of para-hydroxylation sites is 1. The summed E-state index contributed by atoms with van der Waals surface area (Å²) in [6, 6.07) is 16.2. The normalized spacial score (nSPS) is 11.1. The van der Waals surface area contributed by atoms with E-state index in [0.717, 1.165) is 39.4 Å². The van der Waals surface area contributed by atoms with Gasteiger partial charge in [0.1, 0.15) is 11.6 Å². The second-order valence-electron chi connectivity index (χ2n) is 5.36. The van der Waals surface area contributed by atoms with Crippen molar-refractivity contribution in [1.29, 1.82) is 0 Å². The summed E-state index contributed by atoms with van der Waals surface area (Å²) in [6.07, 6.45) is 6.19. The molecule has 24 heavy (non-hydrogen) atoms. The van der Waals surface area contributed by atoms with Gasteiger partial charge in [-0.2, -0.15) is 0 Å². The van der Waals surface area contributed by atoms with Crippen LogP contribution in [-0.4, -0.2) is 16.7 Å². The van der Waals surface area contributed by atoms with E-state index in [2.05, 4.69) is 51.8 Å². The smallest absolute Gasteiger partial charge is 0.133 e. The molecule has 3 nitrogen and oxygen atoms in total. The van der Waals surface area contributed by atoms with E-state index in [1.54, 1.807) is 7.11 Å². The van der Waals surface area contributed by atoms with Crippen molar-refractivity contribution in [3.63, 3.8) is 0 Å². The molecule has 3 aromatic rings. The Bertz CT molecular complexity index is 850. The highest BCUT2D eigenvalue weighted by Gasteiger charge is 2.10. The van der Waals surface area contributed by atoms with E-state index in [9.17, 15) is 0 Å². The monoisotopic (exact) mass is 382 g/mol. The number of halogens is 1. The van der Waals surface area contributed by atoms with Crippen LogP contribution in [0.25, 0.3) is 23.4 Å². The summed E-state index contributed by atoms with van der Waals surface area (Å²) in [6.45, 7) is 2.98. The lowest BCUT2D eigenvalue weighted by Crippen LogP contribution is -1.94. The number of hydrogen-bond acceptors (Lipinski definition) is 2. The van der Waals surface area contributed by atoms with Gasteiger partial charge in [0.15, 0.2) is 0 Å². The summed E-state index contributed by atoms with van der Waals surface area (Å²) in [5.41, 5.74) is 3.07. The average Bonchev–Trinajstić information content (AvgIpc) is 3.04. The Morgan fingerprint density at radius 2 is 1.83 bits per heavy atom. The molecule has 0 aliphatic heterocycles. The highest BCUT2D eigenvalue weighted by Crippen LogP contribution is 2.29. The minimum Gasteiger partial charge on any atom is -0.496 e. The van der Waals surface area contributed by atoms with Gasteiger partial charge in [0, 0.05) is 22.8 Å². The number of benzene rings is 2. The number of methoxy groups -OCH3 is 1. The van der Waals surface area contributed by atoms with E-state index in [4.69, 9.17) is 9.72 Å². The predicted molar refractivity (Wildman–Crippen MR) is 103 cm³/mol. The SMILES string of the molecule is CCn1cc(-c2ccccc2OC)nc1C=Cc1ccc(Br)cc1. The van der Waals surface area contributed by atoms with Gasteiger partial charge >= 0.3 is 0 Å². The van der Waals surface area contributed by atoms with E-state index >= 15 is 0 Å². The molecule has 0 bridgehead atoms. The van der Waals surface area contributed by atoms with Crippen molar-refractivity contribution < 1.29 is 4.74 Å². The van der Waals surface area contributed by atoms with Crippen molar-refractivity contribution in [1.82, 2.24) is 9.55 Å². The maximum atomic E-state index is 5.45. The van der Waals surface area contributed by atoms with Crippen molar-refractivity contribution in [2.45, 2.75) is 13.5 Å². The molecule has 2 aromatic carbocycles. The number of aromatic nitrogens is 2. The fraction of sp³-hybridized carbons (Fsp3) is 0.150. The van der Waals surface area contributed by atoms with Gasteiger partial charge in [-0.15, -0.1) is 0 Å². The molecule has 0 fully saturated rings. The van der Waals surface area contributed by atoms with Gasteiger partial charge in [0.25, 0.3) is 0 Å². The van der Waals surface area contributed by atoms with Crippen molar-refractivity contribution in [3.05, 3.63) is 70.6 Å². The molecule has 0 aliphatic carbocycles. The molecule has 1 aromatic heterocycles. The van der Waals surface area contributed by atoms with E-state index in [-0.39, 0.29) is 0 Å². The van der Waals surface area contributed by atoms with E-state index in [0.29, 0.717) is 0 Å². The third kappa shape index (κ3) is 3.60. The zero-order valence-corrected chi connectivity index (χ0v) is 15.3. The zero-order valence-electron chi connectivity index (χ0n) is 13.7. The largest absolute Gasteiger partial charge is 0.496 e. The number of aryl methyl sites for hydroxylation is 1. The molecular formula is C20H19BrN2O. The molecule has 0 atom stereocenters. The molecule has 4 heteroatoms. The number of hydrogen-bond donors (Lipinski definition) is 0. The summed E-state index contributed by atoms with van der Waals surface area (Å²) in [4.78, 5) is 4.78. The second kappa shape index (κ2) is 7.49. The highest BCUT2D eigenvalue weighted by atomic mass is 79.9. The topological polar surface area (TPSA) is 27.1 Å². The molecule has 0 saturated heterocycles. The molecule has 0 saturated carbocycles. The lowest BCUT2D eigenvalue weighted by molar-refractivity contribution is 0.416. The van der Waals surface area contributed by atoms with E-state index in [1.807, 2.05) is 42.5 Å². The van der Waals surface area contributed by atoms with Gasteiger partial charge in [-0.1, -0.05) is 46.3 Å². The first-order valence-corrected chi connectivity index (χ1v) is 8.64. The summed E-state index contributed by atoms with van der Waals surface area (Å²) in [5.74, 6) is 1.77. The predicted octanol–water partition coefficient (Wildman–Crippen LogP) is 5.51. The first-order chi connectivity index (χ1) is 11.7. The van der Waals surface area contributed by atoms with Crippen LogP contribution in [0.3, 0.4) is 0 Å². The molecule has 0 unspecified atom stereocenters. The molecule has 0 N–H and O–H groups in total. The van der Waals surface area contributed by atoms with Gasteiger partial charge in [-0.25, -0.2) is 4.98 Å². The molecule has 1 heterocycles. The Labute approximate surface area is 150 Å². The lowest BCUT2D eigenvalue weighted by atomic mass is 10.1. The first-order valence-electron chi connectivity index (χ1n) is 7.85. The van der Waals surface area contributed by atoms with Crippen molar-refractivity contribution in [3.8, 4) is 17.0 Å². The molecule has 0 amide bonds. The first kappa shape index (κ1) is 16.5. The molecule has 0 spiro atoms. The molecule has 3 rings (SSSR count). The summed E-state index contributed by atoms with van der Waals surface area (Å²) in [7, 11) is 1.68. The average molecular weight is 383 g/mol. The number of ether oxygens (including phenoxy) is 1. The number of nitrogens with zero attached hydrogens (tertiary/aromatic N) is 2. The van der Waals surface area contributed by atoms with Crippen LogP contribution in [0.5, 0.6) is 5.75 Å². The lowest BCUT2D eigenvalue weighted by Gasteiger charge is -2.04. The maximum Gasteiger partial charge on any atom is 0.133 e. The van der Waals surface area contributed by atoms with Crippen LogP contribution in [0.4, 0.5) is 0 Å². The Balaban J connectivity index is 1.94. The van der Waals surface area contributed by atoms with Crippen LogP contribution in [0.1, 0.15) is 18.3 Å². The molecule has 0 radical (unpaired) electrons. The Morgan fingerprint density at radius 3 is 2.54 bits per heavy atom. The minimum atomic E-state index is 0.835. The molecule has 122 valence electrons. The third-order valence-corrected chi connectivity index (χ3v) is 4.35. The van der Waals surface area contributed by atoms with Crippen LogP contribution in [-0.2, 0) is 6.54 Å². The van der Waals surface area contributed by atoms with Gasteiger partial charge in [-0.3, -0.25) is 0 Å². The van der Waals surface area contributed by atoms with Crippen LogP contribution in [0, 0.1) is 0 Å². The zero-order chi connectivity index (χ0) is 16.9. The minimum absolute atomic E-state index is 0.835. The van der Waals surface area contributed by atoms with E-state index < -0.39 is 0 Å². The highest BCUT2D eigenvalue weighted by molar-refractivity contribution is 9.10. The van der Waals surface area contributed by atoms with Crippen LogP contribution in [0.2, 0.25) is 0 Å². The third-order valence-electron chi connectivity index (χ3n) is 3.83. The number of rotatable bonds is 5. The van der Waals surface area contributed by atoms with Gasteiger partial charge in [-0.05, 0) is 42.8 Å². The maximum absolute atomic E-state index is 5.45. The summed E-state index contributed by atoms with van der Waals surface area (Å²) >= 11 is 3.45. The van der Waals surface area contributed by atoms with Crippen LogP contribution < -0.4 is 4.74 Å². The van der Waals surface area contributed by atoms with Crippen LogP contribution >= 0.6 is 15.9 Å². The van der Waals surface area contributed by atoms with Crippen molar-refractivity contribution in [2.24, 2.45) is 0 Å². The second-order valence-corrected chi connectivity index (χ2v) is 6.27. The number of imidazole rings is 1. The summed E-state index contributed by atoms with van der Waals surface area (Å²) in [5, 5.41) is 0.